The van der Waals surface area contributed by atoms with Crippen molar-refractivity contribution in [3.8, 4) is 16.9 Å². The third-order valence-corrected chi connectivity index (χ3v) is 3.05. The quantitative estimate of drug-likeness (QED) is 0.680. The molecule has 0 aromatic heterocycles. The van der Waals surface area contributed by atoms with Gasteiger partial charge in [-0.1, -0.05) is 18.2 Å². The van der Waals surface area contributed by atoms with E-state index in [1.54, 1.807) is 0 Å². The van der Waals surface area contributed by atoms with Crippen molar-refractivity contribution in [3.63, 3.8) is 0 Å². The molecule has 0 amide bonds. The second kappa shape index (κ2) is 5.57. The average Bonchev–Trinajstić information content (AvgIpc) is 2.45. The number of rotatable bonds is 4. The van der Waals surface area contributed by atoms with E-state index in [1.807, 2.05) is 0 Å². The van der Waals surface area contributed by atoms with Crippen molar-refractivity contribution in [2.45, 2.75) is 0 Å². The Morgan fingerprint density at radius 2 is 1.41 bits per heavy atom. The lowest BCUT2D eigenvalue weighted by Gasteiger charge is -2.10. The van der Waals surface area contributed by atoms with E-state index in [0.29, 0.717) is 0 Å². The first-order valence-electron chi connectivity index (χ1n) is 5.99. The first-order valence-corrected chi connectivity index (χ1v) is 5.99. The van der Waals surface area contributed by atoms with Gasteiger partial charge in [0.25, 0.3) is 0 Å². The molecule has 112 valence electrons. The maximum Gasteiger partial charge on any atom is 0.340 e. The molecule has 0 saturated carbocycles. The van der Waals surface area contributed by atoms with Gasteiger partial charge in [0.05, 0.1) is 11.1 Å². The Morgan fingerprint density at radius 1 is 0.773 bits per heavy atom. The molecule has 0 radical (unpaired) electrons. The molecule has 0 unspecified atom stereocenters. The van der Waals surface area contributed by atoms with Crippen LogP contribution in [0.4, 0.5) is 0 Å². The van der Waals surface area contributed by atoms with Crippen LogP contribution in [-0.2, 0) is 0 Å². The van der Waals surface area contributed by atoms with Crippen molar-refractivity contribution in [2.75, 3.05) is 0 Å². The van der Waals surface area contributed by atoms with Gasteiger partial charge >= 0.3 is 17.9 Å². The van der Waals surface area contributed by atoms with E-state index >= 15 is 0 Å². The molecule has 0 aliphatic heterocycles. The van der Waals surface area contributed by atoms with Crippen LogP contribution in [0.1, 0.15) is 31.1 Å². The summed E-state index contributed by atoms with van der Waals surface area (Å²) in [6.45, 7) is 0. The Hall–Kier alpha value is -3.35. The van der Waals surface area contributed by atoms with Gasteiger partial charge in [0.15, 0.2) is 0 Å². The molecule has 0 aliphatic rings. The van der Waals surface area contributed by atoms with Gasteiger partial charge in [0.1, 0.15) is 11.3 Å². The largest absolute Gasteiger partial charge is 0.507 e. The number of hydrogen-bond donors (Lipinski definition) is 4. The smallest absolute Gasteiger partial charge is 0.340 e. The molecule has 2 aromatic carbocycles. The fourth-order valence-electron chi connectivity index (χ4n) is 2.08. The van der Waals surface area contributed by atoms with Crippen molar-refractivity contribution in [3.05, 3.63) is 53.1 Å². The molecule has 0 bridgehead atoms. The van der Waals surface area contributed by atoms with E-state index in [4.69, 9.17) is 15.3 Å². The lowest BCUT2D eigenvalue weighted by Crippen LogP contribution is -2.08. The molecule has 2 aromatic rings. The highest BCUT2D eigenvalue weighted by molar-refractivity contribution is 6.04. The van der Waals surface area contributed by atoms with Gasteiger partial charge < -0.3 is 20.4 Å². The SMILES string of the molecule is O=C(O)c1ccc(-c2cccc(O)c2C(=O)O)cc1C(=O)O. The summed E-state index contributed by atoms with van der Waals surface area (Å²) in [5, 5.41) is 36.9. The summed E-state index contributed by atoms with van der Waals surface area (Å²) in [4.78, 5) is 33.4. The minimum Gasteiger partial charge on any atom is -0.507 e. The minimum absolute atomic E-state index is 0.0898. The summed E-state index contributed by atoms with van der Waals surface area (Å²) in [5.74, 6) is -4.70. The molecule has 2 rings (SSSR count). The summed E-state index contributed by atoms with van der Waals surface area (Å²) in [5.41, 5.74) is -0.998. The van der Waals surface area contributed by atoms with Crippen molar-refractivity contribution >= 4 is 17.9 Å². The number of benzene rings is 2. The second-order valence-electron chi connectivity index (χ2n) is 4.38. The van der Waals surface area contributed by atoms with Crippen molar-refractivity contribution in [1.29, 1.82) is 0 Å². The van der Waals surface area contributed by atoms with Crippen LogP contribution < -0.4 is 0 Å². The summed E-state index contributed by atoms with van der Waals surface area (Å²) in [7, 11) is 0. The van der Waals surface area contributed by atoms with Crippen LogP contribution in [0, 0.1) is 0 Å². The van der Waals surface area contributed by atoms with Crippen LogP contribution in [0.3, 0.4) is 0 Å². The van der Waals surface area contributed by atoms with E-state index in [0.717, 1.165) is 12.1 Å². The van der Waals surface area contributed by atoms with E-state index < -0.39 is 34.8 Å². The number of carbonyl (C=O) groups is 3. The van der Waals surface area contributed by atoms with Crippen LogP contribution in [0.5, 0.6) is 5.75 Å². The average molecular weight is 302 g/mol. The second-order valence-corrected chi connectivity index (χ2v) is 4.38. The Bertz CT molecular complexity index is 792. The summed E-state index contributed by atoms with van der Waals surface area (Å²) in [6.07, 6.45) is 0. The molecule has 7 heteroatoms. The molecule has 0 saturated heterocycles. The molecule has 0 atom stereocenters. The van der Waals surface area contributed by atoms with Gasteiger partial charge in [-0.25, -0.2) is 14.4 Å². The molecular formula is C15H10O7. The van der Waals surface area contributed by atoms with Gasteiger partial charge in [-0.05, 0) is 29.3 Å². The normalized spacial score (nSPS) is 10.2. The molecule has 0 fully saturated rings. The van der Waals surface area contributed by atoms with Gasteiger partial charge in [0.2, 0.25) is 0 Å². The zero-order valence-electron chi connectivity index (χ0n) is 11.0. The van der Waals surface area contributed by atoms with E-state index in [9.17, 15) is 19.5 Å². The van der Waals surface area contributed by atoms with E-state index in [1.165, 1.54) is 24.3 Å². The predicted molar refractivity (Wildman–Crippen MR) is 74.4 cm³/mol. The van der Waals surface area contributed by atoms with Crippen LogP contribution >= 0.6 is 0 Å². The highest BCUT2D eigenvalue weighted by atomic mass is 16.4. The summed E-state index contributed by atoms with van der Waals surface area (Å²) < 4.78 is 0. The zero-order valence-corrected chi connectivity index (χ0v) is 11.0. The van der Waals surface area contributed by atoms with Crippen molar-refractivity contribution in [2.24, 2.45) is 0 Å². The Balaban J connectivity index is 2.72. The lowest BCUT2D eigenvalue weighted by molar-refractivity contribution is 0.0651. The number of phenols is 1. The Kier molecular flexibility index (Phi) is 3.81. The molecule has 0 heterocycles. The fraction of sp³-hybridized carbons (Fsp3) is 0. The van der Waals surface area contributed by atoms with Crippen LogP contribution in [0.25, 0.3) is 11.1 Å². The summed E-state index contributed by atoms with van der Waals surface area (Å²) >= 11 is 0. The molecule has 22 heavy (non-hydrogen) atoms. The standard InChI is InChI=1S/C15H10O7/c16-11-3-1-2-8(12(11)15(21)22)7-4-5-9(13(17)18)10(6-7)14(19)20/h1-6,16H,(H,17,18)(H,19,20)(H,21,22). The monoisotopic (exact) mass is 302 g/mol. The third-order valence-electron chi connectivity index (χ3n) is 3.05. The number of hydrogen-bond acceptors (Lipinski definition) is 4. The van der Waals surface area contributed by atoms with Gasteiger partial charge in [-0.3, -0.25) is 0 Å². The Labute approximate surface area is 123 Å². The first kappa shape index (κ1) is 15.0. The van der Waals surface area contributed by atoms with Gasteiger partial charge in [-0.15, -0.1) is 0 Å². The third kappa shape index (κ3) is 2.59. The first-order chi connectivity index (χ1) is 10.3. The highest BCUT2D eigenvalue weighted by Crippen LogP contribution is 2.31. The van der Waals surface area contributed by atoms with Gasteiger partial charge in [0, 0.05) is 0 Å². The number of carboxylic acids is 3. The molecular weight excluding hydrogens is 292 g/mol. The minimum atomic E-state index is -1.45. The predicted octanol–water partition coefficient (Wildman–Crippen LogP) is 2.15. The zero-order chi connectivity index (χ0) is 16.4. The number of carboxylic acid groups (broad SMARTS) is 3. The summed E-state index contributed by atoms with van der Waals surface area (Å²) in [6, 6.07) is 7.42. The van der Waals surface area contributed by atoms with Crippen LogP contribution in [0.2, 0.25) is 0 Å². The van der Waals surface area contributed by atoms with Gasteiger partial charge in [-0.2, -0.15) is 0 Å². The maximum atomic E-state index is 11.2. The van der Waals surface area contributed by atoms with Crippen LogP contribution in [-0.4, -0.2) is 38.3 Å². The number of aromatic hydroxyl groups is 1. The van der Waals surface area contributed by atoms with Crippen LogP contribution in [0.15, 0.2) is 36.4 Å². The Morgan fingerprint density at radius 3 is 1.95 bits per heavy atom. The van der Waals surface area contributed by atoms with E-state index in [2.05, 4.69) is 0 Å². The van der Waals surface area contributed by atoms with E-state index in [-0.39, 0.29) is 16.7 Å². The molecule has 7 nitrogen and oxygen atoms in total. The molecule has 0 spiro atoms. The van der Waals surface area contributed by atoms with Crippen molar-refractivity contribution in [1.82, 2.24) is 0 Å². The topological polar surface area (TPSA) is 132 Å². The number of aromatic carboxylic acids is 3. The van der Waals surface area contributed by atoms with Crippen molar-refractivity contribution < 1.29 is 34.8 Å². The fourth-order valence-corrected chi connectivity index (χ4v) is 2.08. The maximum absolute atomic E-state index is 11.2. The highest BCUT2D eigenvalue weighted by Gasteiger charge is 2.20. The molecule has 4 N–H and O–H groups in total. The molecule has 0 aliphatic carbocycles. The lowest BCUT2D eigenvalue weighted by atomic mass is 9.95.